The first-order valence-electron chi connectivity index (χ1n) is 5.35. The van der Waals surface area contributed by atoms with Crippen LogP contribution < -0.4 is 4.90 Å². The van der Waals surface area contributed by atoms with Crippen molar-refractivity contribution in [2.45, 2.75) is 25.8 Å². The van der Waals surface area contributed by atoms with E-state index in [1.165, 1.54) is 0 Å². The summed E-state index contributed by atoms with van der Waals surface area (Å²) in [6.07, 6.45) is 0.949. The average molecular weight is 213 g/mol. The number of hydrogen-bond acceptors (Lipinski definition) is 3. The van der Waals surface area contributed by atoms with Gasteiger partial charge in [-0.3, -0.25) is 0 Å². The predicted molar refractivity (Wildman–Crippen MR) is 63.7 cm³/mol. The van der Waals surface area contributed by atoms with Crippen LogP contribution in [0.25, 0.3) is 0 Å². The van der Waals surface area contributed by atoms with Crippen molar-refractivity contribution < 1.29 is 0 Å². The summed E-state index contributed by atoms with van der Waals surface area (Å²) in [6.45, 7) is 2.68. The molecule has 0 N–H and O–H groups in total. The van der Waals surface area contributed by atoms with Gasteiger partial charge in [-0.2, -0.15) is 10.5 Å². The Bertz CT molecular complexity index is 386. The van der Waals surface area contributed by atoms with E-state index in [9.17, 15) is 0 Å². The standard InChI is InChI=1S/C13H15N3/c1-12(8-10-15)16(11-5-9-14)13-6-3-2-4-7-13/h2-4,6-7,12H,5,8,11H2,1H3. The molecule has 0 amide bonds. The molecule has 0 aromatic heterocycles. The number of para-hydroxylation sites is 1. The molecule has 82 valence electrons. The molecule has 0 fully saturated rings. The summed E-state index contributed by atoms with van der Waals surface area (Å²) in [6, 6.07) is 14.4. The third kappa shape index (κ3) is 3.29. The van der Waals surface area contributed by atoms with Gasteiger partial charge in [0.25, 0.3) is 0 Å². The molecule has 0 saturated heterocycles. The van der Waals surface area contributed by atoms with E-state index in [4.69, 9.17) is 10.5 Å². The zero-order valence-corrected chi connectivity index (χ0v) is 9.43. The van der Waals surface area contributed by atoms with Crippen molar-refractivity contribution in [1.82, 2.24) is 0 Å². The Kier molecular flexibility index (Phi) is 4.89. The van der Waals surface area contributed by atoms with Gasteiger partial charge in [-0.05, 0) is 19.1 Å². The molecule has 0 aliphatic carbocycles. The minimum Gasteiger partial charge on any atom is -0.367 e. The normalized spacial score (nSPS) is 11.2. The molecule has 3 heteroatoms. The Morgan fingerprint density at radius 3 is 2.44 bits per heavy atom. The van der Waals surface area contributed by atoms with E-state index in [1.54, 1.807) is 0 Å². The monoisotopic (exact) mass is 213 g/mol. The highest BCUT2D eigenvalue weighted by Gasteiger charge is 2.13. The van der Waals surface area contributed by atoms with E-state index in [-0.39, 0.29) is 6.04 Å². The first-order valence-corrected chi connectivity index (χ1v) is 5.35. The third-order valence-corrected chi connectivity index (χ3v) is 2.47. The van der Waals surface area contributed by atoms with Gasteiger partial charge in [0.2, 0.25) is 0 Å². The van der Waals surface area contributed by atoms with E-state index in [0.29, 0.717) is 19.4 Å². The lowest BCUT2D eigenvalue weighted by Crippen LogP contribution is -2.33. The maximum Gasteiger partial charge on any atom is 0.0643 e. The van der Waals surface area contributed by atoms with Crippen LogP contribution in [0.2, 0.25) is 0 Å². The molecular formula is C13H15N3. The molecule has 1 atom stereocenters. The number of nitriles is 2. The van der Waals surface area contributed by atoms with Gasteiger partial charge < -0.3 is 4.90 Å². The van der Waals surface area contributed by atoms with Crippen molar-refractivity contribution in [3.8, 4) is 12.1 Å². The Balaban J connectivity index is 2.80. The third-order valence-electron chi connectivity index (χ3n) is 2.47. The topological polar surface area (TPSA) is 50.8 Å². The van der Waals surface area contributed by atoms with Crippen LogP contribution in [0.5, 0.6) is 0 Å². The van der Waals surface area contributed by atoms with Crippen LogP contribution in [0, 0.1) is 22.7 Å². The van der Waals surface area contributed by atoms with Gasteiger partial charge >= 0.3 is 0 Å². The molecule has 1 aromatic rings. The molecule has 3 nitrogen and oxygen atoms in total. The van der Waals surface area contributed by atoms with Gasteiger partial charge in [-0.25, -0.2) is 0 Å². The molecule has 0 heterocycles. The number of anilines is 1. The summed E-state index contributed by atoms with van der Waals surface area (Å²) >= 11 is 0. The minimum atomic E-state index is 0.140. The van der Waals surface area contributed by atoms with Crippen molar-refractivity contribution in [3.63, 3.8) is 0 Å². The summed E-state index contributed by atoms with van der Waals surface area (Å²) < 4.78 is 0. The van der Waals surface area contributed by atoms with Crippen LogP contribution in [0.15, 0.2) is 30.3 Å². The zero-order chi connectivity index (χ0) is 11.8. The van der Waals surface area contributed by atoms with Gasteiger partial charge in [-0.1, -0.05) is 18.2 Å². The molecule has 1 aromatic carbocycles. The second-order valence-corrected chi connectivity index (χ2v) is 3.65. The first kappa shape index (κ1) is 12.1. The van der Waals surface area contributed by atoms with Crippen LogP contribution in [-0.4, -0.2) is 12.6 Å². The highest BCUT2D eigenvalue weighted by Crippen LogP contribution is 2.18. The SMILES string of the molecule is CC(CC#N)N(CCC#N)c1ccccc1. The summed E-state index contributed by atoms with van der Waals surface area (Å²) in [5.41, 5.74) is 1.07. The van der Waals surface area contributed by atoms with Crippen molar-refractivity contribution in [1.29, 1.82) is 10.5 Å². The summed E-state index contributed by atoms with van der Waals surface area (Å²) in [4.78, 5) is 2.10. The van der Waals surface area contributed by atoms with Crippen LogP contribution in [0.3, 0.4) is 0 Å². The molecule has 0 saturated carbocycles. The maximum absolute atomic E-state index is 8.72. The summed E-state index contributed by atoms with van der Waals surface area (Å²) in [7, 11) is 0. The molecule has 0 aliphatic heterocycles. The maximum atomic E-state index is 8.72. The highest BCUT2D eigenvalue weighted by molar-refractivity contribution is 5.47. The van der Waals surface area contributed by atoms with Crippen molar-refractivity contribution in [2.75, 3.05) is 11.4 Å². The molecular weight excluding hydrogens is 198 g/mol. The fourth-order valence-electron chi connectivity index (χ4n) is 1.64. The minimum absolute atomic E-state index is 0.140. The quantitative estimate of drug-likeness (QED) is 0.755. The van der Waals surface area contributed by atoms with Gasteiger partial charge in [0, 0.05) is 18.3 Å². The molecule has 0 spiro atoms. The molecule has 16 heavy (non-hydrogen) atoms. The van der Waals surface area contributed by atoms with Gasteiger partial charge in [0.15, 0.2) is 0 Å². The van der Waals surface area contributed by atoms with Crippen molar-refractivity contribution in [2.24, 2.45) is 0 Å². The molecule has 1 rings (SSSR count). The summed E-state index contributed by atoms with van der Waals surface area (Å²) in [5.74, 6) is 0. The molecule has 0 radical (unpaired) electrons. The fourth-order valence-corrected chi connectivity index (χ4v) is 1.64. The second-order valence-electron chi connectivity index (χ2n) is 3.65. The van der Waals surface area contributed by atoms with Gasteiger partial charge in [0.1, 0.15) is 0 Å². The van der Waals surface area contributed by atoms with Crippen LogP contribution in [-0.2, 0) is 0 Å². The van der Waals surface area contributed by atoms with Gasteiger partial charge in [-0.15, -0.1) is 0 Å². The largest absolute Gasteiger partial charge is 0.367 e. The Morgan fingerprint density at radius 2 is 1.88 bits per heavy atom. The lowest BCUT2D eigenvalue weighted by Gasteiger charge is -2.29. The predicted octanol–water partition coefficient (Wildman–Crippen LogP) is 2.71. The smallest absolute Gasteiger partial charge is 0.0643 e. The lowest BCUT2D eigenvalue weighted by atomic mass is 10.1. The van der Waals surface area contributed by atoms with E-state index in [2.05, 4.69) is 17.0 Å². The number of benzene rings is 1. The van der Waals surface area contributed by atoms with Crippen LogP contribution in [0.1, 0.15) is 19.8 Å². The zero-order valence-electron chi connectivity index (χ0n) is 9.43. The fraction of sp³-hybridized carbons (Fsp3) is 0.385. The van der Waals surface area contributed by atoms with Crippen LogP contribution >= 0.6 is 0 Å². The van der Waals surface area contributed by atoms with Crippen molar-refractivity contribution >= 4 is 5.69 Å². The van der Waals surface area contributed by atoms with E-state index in [0.717, 1.165) is 5.69 Å². The number of nitrogens with zero attached hydrogens (tertiary/aromatic N) is 3. The Hall–Kier alpha value is -2.00. The van der Waals surface area contributed by atoms with E-state index < -0.39 is 0 Å². The average Bonchev–Trinajstić information content (AvgIpc) is 2.31. The highest BCUT2D eigenvalue weighted by atomic mass is 15.2. The van der Waals surface area contributed by atoms with Crippen LogP contribution in [0.4, 0.5) is 5.69 Å². The van der Waals surface area contributed by atoms with E-state index in [1.807, 2.05) is 37.3 Å². The lowest BCUT2D eigenvalue weighted by molar-refractivity contribution is 0.649. The van der Waals surface area contributed by atoms with E-state index >= 15 is 0 Å². The number of hydrogen-bond donors (Lipinski definition) is 0. The number of rotatable bonds is 5. The Labute approximate surface area is 96.5 Å². The molecule has 1 unspecified atom stereocenters. The first-order chi connectivity index (χ1) is 7.79. The second kappa shape index (κ2) is 6.48. The molecule has 0 aliphatic rings. The Morgan fingerprint density at radius 1 is 1.19 bits per heavy atom. The van der Waals surface area contributed by atoms with Gasteiger partial charge in [0.05, 0.1) is 25.0 Å². The molecule has 0 bridgehead atoms. The summed E-state index contributed by atoms with van der Waals surface area (Å²) in [5, 5.41) is 17.3. The van der Waals surface area contributed by atoms with Crippen molar-refractivity contribution in [3.05, 3.63) is 30.3 Å².